The molecule has 0 radical (unpaired) electrons. The van der Waals surface area contributed by atoms with Gasteiger partial charge in [-0.05, 0) is 12.0 Å². The van der Waals surface area contributed by atoms with Gasteiger partial charge in [0.15, 0.2) is 0 Å². The lowest BCUT2D eigenvalue weighted by atomic mass is 9.92. The van der Waals surface area contributed by atoms with Crippen molar-refractivity contribution in [2.75, 3.05) is 72.7 Å². The zero-order valence-corrected chi connectivity index (χ0v) is 31.7. The molecule has 0 aliphatic carbocycles. The largest absolute Gasteiger partial charge is 0.379 e. The maximum atomic E-state index is 12.9. The zero-order chi connectivity index (χ0) is 40.6. The van der Waals surface area contributed by atoms with Crippen molar-refractivity contribution in [1.82, 2.24) is 42.1 Å². The summed E-state index contributed by atoms with van der Waals surface area (Å²) in [5.41, 5.74) is 0.00789. The van der Waals surface area contributed by atoms with Crippen molar-refractivity contribution in [2.24, 2.45) is 5.41 Å². The van der Waals surface area contributed by atoms with Gasteiger partial charge < -0.3 is 46.7 Å². The lowest BCUT2D eigenvalue weighted by Crippen LogP contribution is -2.52. The van der Waals surface area contributed by atoms with Crippen LogP contribution in [0.2, 0.25) is 0 Å². The van der Waals surface area contributed by atoms with Crippen molar-refractivity contribution in [3.63, 3.8) is 0 Å². The number of hydrogen-bond donors (Lipinski definition) is 7. The molecule has 1 aromatic rings. The number of benzene rings is 1. The van der Waals surface area contributed by atoms with E-state index in [2.05, 4.69) is 37.2 Å². The Bertz CT molecular complexity index is 1490. The third kappa shape index (κ3) is 18.9. The Balaban J connectivity index is 1.56. The van der Waals surface area contributed by atoms with Crippen LogP contribution in [-0.2, 0) is 59.0 Å². The predicted octanol–water partition coefficient (Wildman–Crippen LogP) is -2.58. The van der Waals surface area contributed by atoms with E-state index in [-0.39, 0.29) is 108 Å². The van der Waals surface area contributed by atoms with Gasteiger partial charge in [0.25, 0.3) is 0 Å². The summed E-state index contributed by atoms with van der Waals surface area (Å²) in [7, 11) is 1.52. The van der Waals surface area contributed by atoms with Crippen LogP contribution in [0, 0.1) is 5.41 Å². The number of rotatable bonds is 26. The molecule has 0 unspecified atom stereocenters. The molecule has 1 aliphatic heterocycles. The third-order valence-electron chi connectivity index (χ3n) is 8.13. The fourth-order valence-electron chi connectivity index (χ4n) is 5.07. The lowest BCUT2D eigenvalue weighted by molar-refractivity contribution is -0.141. The molecule has 1 saturated heterocycles. The molecule has 0 spiro atoms. The number of likely N-dealkylation sites (tertiary alicyclic amines) is 1. The van der Waals surface area contributed by atoms with Crippen molar-refractivity contribution >= 4 is 53.2 Å². The number of carbonyl (C=O) groups excluding carboxylic acids is 9. The number of imide groups is 1. The molecule has 0 aromatic heterocycles. The SMILES string of the molecule is CNC(=O)CCCNC(=O)CNC(=O)[C@H](Cc1ccccc1)NC(=O)CNC(=O)CNC(=O)CCOCCOCCNC(=O)CCN1C(=O)CC(C)(C)C1=O. The highest BCUT2D eigenvalue weighted by Gasteiger charge is 2.44. The minimum atomic E-state index is -1.05. The number of carbonyl (C=O) groups is 9. The molecule has 1 atom stereocenters. The van der Waals surface area contributed by atoms with Crippen molar-refractivity contribution in [3.8, 4) is 0 Å². The van der Waals surface area contributed by atoms with E-state index in [4.69, 9.17) is 9.47 Å². The number of nitrogens with zero attached hydrogens (tertiary/aromatic N) is 1. The van der Waals surface area contributed by atoms with Gasteiger partial charge in [-0.2, -0.15) is 0 Å². The molecule has 2 rings (SSSR count). The van der Waals surface area contributed by atoms with Gasteiger partial charge >= 0.3 is 0 Å². The van der Waals surface area contributed by atoms with Gasteiger partial charge in [0.2, 0.25) is 53.2 Å². The molecule has 1 fully saturated rings. The minimum absolute atomic E-state index is 0.000635. The Kier molecular flexibility index (Phi) is 20.6. The van der Waals surface area contributed by atoms with Crippen LogP contribution in [0.1, 0.15) is 51.5 Å². The van der Waals surface area contributed by atoms with Crippen molar-refractivity contribution < 1.29 is 52.6 Å². The van der Waals surface area contributed by atoms with E-state index in [1.807, 2.05) is 0 Å². The van der Waals surface area contributed by atoms with Crippen LogP contribution in [0.25, 0.3) is 0 Å². The monoisotopic (exact) mass is 774 g/mol. The van der Waals surface area contributed by atoms with Gasteiger partial charge in [0.1, 0.15) is 6.04 Å². The van der Waals surface area contributed by atoms with E-state index in [9.17, 15) is 43.2 Å². The molecule has 0 bridgehead atoms. The van der Waals surface area contributed by atoms with Crippen LogP contribution >= 0.6 is 0 Å². The first-order chi connectivity index (χ1) is 26.2. The smallest absolute Gasteiger partial charge is 0.243 e. The molecule has 55 heavy (non-hydrogen) atoms. The highest BCUT2D eigenvalue weighted by atomic mass is 16.5. The summed E-state index contributed by atoms with van der Waals surface area (Å²) in [6.45, 7) is 3.36. The first kappa shape index (κ1) is 45.7. The Morgan fingerprint density at radius 3 is 1.96 bits per heavy atom. The van der Waals surface area contributed by atoms with Crippen LogP contribution in [0.15, 0.2) is 30.3 Å². The van der Waals surface area contributed by atoms with E-state index < -0.39 is 54.1 Å². The summed E-state index contributed by atoms with van der Waals surface area (Å²) in [5.74, 6) is -3.85. The second-order valence-corrected chi connectivity index (χ2v) is 13.2. The summed E-state index contributed by atoms with van der Waals surface area (Å²) < 4.78 is 10.7. The second-order valence-electron chi connectivity index (χ2n) is 13.2. The normalized spacial score (nSPS) is 13.7. The number of hydrogen-bond acceptors (Lipinski definition) is 11. The summed E-state index contributed by atoms with van der Waals surface area (Å²) in [5, 5.41) is 17.6. The minimum Gasteiger partial charge on any atom is -0.379 e. The predicted molar refractivity (Wildman–Crippen MR) is 196 cm³/mol. The van der Waals surface area contributed by atoms with E-state index in [1.165, 1.54) is 7.05 Å². The van der Waals surface area contributed by atoms with E-state index in [0.717, 1.165) is 10.5 Å². The average molecular weight is 775 g/mol. The molecule has 9 amide bonds. The number of nitrogens with one attached hydrogen (secondary N) is 7. The highest BCUT2D eigenvalue weighted by Crippen LogP contribution is 2.31. The summed E-state index contributed by atoms with van der Waals surface area (Å²) >= 11 is 0. The van der Waals surface area contributed by atoms with E-state index >= 15 is 0 Å². The molecular weight excluding hydrogens is 720 g/mol. The lowest BCUT2D eigenvalue weighted by Gasteiger charge is -2.19. The topological polar surface area (TPSA) is 260 Å². The standard InChI is InChI=1S/C36H54N8O11/c1-36(2)21-33(51)44(35(36)53)15-11-28(46)39-14-17-55-19-18-54-16-12-29(47)40-22-31(49)41-24-32(50)43-26(20-25-8-5-4-6-9-25)34(52)42-23-30(48)38-13-7-10-27(45)37-3/h4-6,8-9,26H,7,10-24H2,1-3H3,(H,37,45)(H,38,48)(H,39,46)(H,40,47)(H,41,49)(H,42,52)(H,43,50)/t26-/m0/s1. The van der Waals surface area contributed by atoms with Gasteiger partial charge in [-0.25, -0.2) is 0 Å². The van der Waals surface area contributed by atoms with Gasteiger partial charge in [-0.15, -0.1) is 0 Å². The van der Waals surface area contributed by atoms with Gasteiger partial charge in [-0.3, -0.25) is 48.1 Å². The Morgan fingerprint density at radius 1 is 0.691 bits per heavy atom. The number of amides is 9. The maximum absolute atomic E-state index is 12.9. The molecule has 304 valence electrons. The molecular formula is C36H54N8O11. The van der Waals surface area contributed by atoms with Crippen molar-refractivity contribution in [1.29, 1.82) is 0 Å². The van der Waals surface area contributed by atoms with Crippen LogP contribution in [-0.4, -0.2) is 137 Å². The Morgan fingerprint density at radius 2 is 1.29 bits per heavy atom. The van der Waals surface area contributed by atoms with Crippen LogP contribution in [0.3, 0.4) is 0 Å². The fourth-order valence-corrected chi connectivity index (χ4v) is 5.07. The van der Waals surface area contributed by atoms with Gasteiger partial charge in [-0.1, -0.05) is 44.2 Å². The molecule has 19 nitrogen and oxygen atoms in total. The number of ether oxygens (including phenoxy) is 2. The quantitative estimate of drug-likeness (QED) is 0.0380. The average Bonchev–Trinajstić information content (AvgIpc) is 3.36. The fraction of sp³-hybridized carbons (Fsp3) is 0.583. The zero-order valence-electron chi connectivity index (χ0n) is 31.7. The summed E-state index contributed by atoms with van der Waals surface area (Å²) in [4.78, 5) is 111. The van der Waals surface area contributed by atoms with Crippen molar-refractivity contribution in [3.05, 3.63) is 35.9 Å². The molecule has 1 heterocycles. The molecule has 0 saturated carbocycles. The van der Waals surface area contributed by atoms with Crippen LogP contribution < -0.4 is 37.2 Å². The molecule has 19 heteroatoms. The third-order valence-corrected chi connectivity index (χ3v) is 8.13. The second kappa shape index (κ2) is 24.8. The maximum Gasteiger partial charge on any atom is 0.243 e. The first-order valence-electron chi connectivity index (χ1n) is 18.1. The van der Waals surface area contributed by atoms with E-state index in [1.54, 1.807) is 44.2 Å². The first-order valence-corrected chi connectivity index (χ1v) is 18.1. The molecule has 1 aromatic carbocycles. The van der Waals surface area contributed by atoms with Gasteiger partial charge in [0, 0.05) is 58.8 Å². The Labute approximate surface area is 320 Å². The van der Waals surface area contributed by atoms with Gasteiger partial charge in [0.05, 0.1) is 51.5 Å². The highest BCUT2D eigenvalue weighted by molar-refractivity contribution is 6.05. The van der Waals surface area contributed by atoms with Crippen LogP contribution in [0.5, 0.6) is 0 Å². The summed E-state index contributed by atoms with van der Waals surface area (Å²) in [6, 6.07) is 7.85. The van der Waals surface area contributed by atoms with E-state index in [0.29, 0.717) is 6.42 Å². The Hall–Kier alpha value is -5.43. The summed E-state index contributed by atoms with van der Waals surface area (Å²) in [6.07, 6.45) is 0.892. The van der Waals surface area contributed by atoms with Crippen LogP contribution in [0.4, 0.5) is 0 Å². The molecule has 1 aliphatic rings. The van der Waals surface area contributed by atoms with Crippen molar-refractivity contribution in [2.45, 2.75) is 58.4 Å². The molecule has 7 N–H and O–H groups in total.